The number of hydrogen-bond acceptors (Lipinski definition) is 2. The Morgan fingerprint density at radius 2 is 2.08 bits per heavy atom. The van der Waals surface area contributed by atoms with Crippen molar-refractivity contribution in [2.75, 3.05) is 0 Å². The number of allylic oxidation sites excluding steroid dienone is 7. The Bertz CT molecular complexity index is 705. The molecule has 25 heavy (non-hydrogen) atoms. The van der Waals surface area contributed by atoms with Crippen LogP contribution in [0.15, 0.2) is 85.0 Å². The average molecular weight is 333 g/mol. The quantitative estimate of drug-likeness (QED) is 0.217. The van der Waals surface area contributed by atoms with Gasteiger partial charge in [-0.05, 0) is 42.4 Å². The van der Waals surface area contributed by atoms with Crippen molar-refractivity contribution >= 4 is 5.84 Å². The van der Waals surface area contributed by atoms with Gasteiger partial charge < -0.3 is 11.1 Å². The maximum atomic E-state index is 8.14. The summed E-state index contributed by atoms with van der Waals surface area (Å²) in [4.78, 5) is 0. The fourth-order valence-electron chi connectivity index (χ4n) is 2.64. The summed E-state index contributed by atoms with van der Waals surface area (Å²) < 4.78 is 0. The van der Waals surface area contributed by atoms with E-state index >= 15 is 0 Å². The normalized spacial score (nSPS) is 14.8. The summed E-state index contributed by atoms with van der Waals surface area (Å²) in [5, 5.41) is 11.2. The number of nitrogens with one attached hydrogen (secondary N) is 2. The molecule has 4 N–H and O–H groups in total. The fourth-order valence-corrected chi connectivity index (χ4v) is 2.64. The van der Waals surface area contributed by atoms with Crippen LogP contribution in [0.25, 0.3) is 0 Å². The van der Waals surface area contributed by atoms with Gasteiger partial charge in [0.25, 0.3) is 0 Å². The zero-order valence-electron chi connectivity index (χ0n) is 14.7. The van der Waals surface area contributed by atoms with Gasteiger partial charge in [0.15, 0.2) is 0 Å². The maximum Gasteiger partial charge on any atom is 0.126 e. The van der Waals surface area contributed by atoms with E-state index in [-0.39, 0.29) is 6.17 Å². The second-order valence-corrected chi connectivity index (χ2v) is 6.14. The van der Waals surface area contributed by atoms with Crippen molar-refractivity contribution in [2.45, 2.75) is 31.8 Å². The van der Waals surface area contributed by atoms with Gasteiger partial charge in [-0.25, -0.2) is 0 Å². The van der Waals surface area contributed by atoms with Crippen LogP contribution in [0.4, 0.5) is 0 Å². The van der Waals surface area contributed by atoms with Crippen LogP contribution in [-0.4, -0.2) is 12.0 Å². The summed E-state index contributed by atoms with van der Waals surface area (Å²) in [6, 6.07) is 7.88. The molecule has 1 atom stereocenters. The van der Waals surface area contributed by atoms with Crippen molar-refractivity contribution in [1.82, 2.24) is 5.32 Å². The van der Waals surface area contributed by atoms with Gasteiger partial charge in [0.2, 0.25) is 0 Å². The van der Waals surface area contributed by atoms with E-state index in [4.69, 9.17) is 11.1 Å². The number of benzene rings is 1. The molecular formula is C22H27N3. The second-order valence-electron chi connectivity index (χ2n) is 6.14. The highest BCUT2D eigenvalue weighted by atomic mass is 15.1. The SMILES string of the molecule is C=CCc1ccc(C(=N)NC(N)C/C=C\C(=C)C2=CC=CCC2)cc1. The molecule has 0 aromatic heterocycles. The van der Waals surface area contributed by atoms with Crippen LogP contribution in [0.5, 0.6) is 0 Å². The van der Waals surface area contributed by atoms with Gasteiger partial charge in [-0.3, -0.25) is 5.41 Å². The van der Waals surface area contributed by atoms with Gasteiger partial charge in [-0.15, -0.1) is 6.58 Å². The molecule has 1 unspecified atom stereocenters. The monoisotopic (exact) mass is 333 g/mol. The average Bonchev–Trinajstić information content (AvgIpc) is 2.63. The van der Waals surface area contributed by atoms with Crippen LogP contribution in [0.1, 0.15) is 30.4 Å². The third-order valence-electron chi connectivity index (χ3n) is 4.09. The van der Waals surface area contributed by atoms with E-state index in [9.17, 15) is 0 Å². The number of amidine groups is 1. The van der Waals surface area contributed by atoms with Crippen molar-refractivity contribution < 1.29 is 0 Å². The molecule has 0 fully saturated rings. The Labute approximate surface area is 150 Å². The largest absolute Gasteiger partial charge is 0.355 e. The van der Waals surface area contributed by atoms with Crippen molar-refractivity contribution in [1.29, 1.82) is 5.41 Å². The molecule has 0 radical (unpaired) electrons. The first kappa shape index (κ1) is 18.7. The molecular weight excluding hydrogens is 306 g/mol. The van der Waals surface area contributed by atoms with Crippen molar-refractivity contribution in [3.63, 3.8) is 0 Å². The predicted octanol–water partition coefficient (Wildman–Crippen LogP) is 4.39. The molecule has 0 spiro atoms. The molecule has 1 aliphatic rings. The van der Waals surface area contributed by atoms with Gasteiger partial charge in [0.05, 0.1) is 6.17 Å². The standard InChI is InChI=1S/C22H27N3/c1-3-8-18-13-15-20(16-14-18)22(24)25-21(23)12-7-9-17(2)19-10-5-4-6-11-19/h3-5,7,9-10,13-16,21H,1-2,6,8,11-12,23H2,(H2,24,25)/b9-7-. The Kier molecular flexibility index (Phi) is 7.17. The van der Waals surface area contributed by atoms with Gasteiger partial charge in [-0.2, -0.15) is 0 Å². The molecule has 0 saturated carbocycles. The van der Waals surface area contributed by atoms with E-state index in [0.717, 1.165) is 30.4 Å². The lowest BCUT2D eigenvalue weighted by Gasteiger charge is -2.15. The molecule has 1 aromatic carbocycles. The zero-order valence-corrected chi connectivity index (χ0v) is 14.7. The van der Waals surface area contributed by atoms with Crippen molar-refractivity contribution in [3.8, 4) is 0 Å². The molecule has 3 nitrogen and oxygen atoms in total. The fraction of sp³-hybridized carbons (Fsp3) is 0.227. The predicted molar refractivity (Wildman–Crippen MR) is 108 cm³/mol. The first-order valence-electron chi connectivity index (χ1n) is 8.62. The molecule has 0 saturated heterocycles. The summed E-state index contributed by atoms with van der Waals surface area (Å²) in [6.07, 6.45) is 15.5. The molecule has 3 heteroatoms. The molecule has 1 aliphatic carbocycles. The minimum absolute atomic E-state index is 0.301. The number of hydrogen-bond donors (Lipinski definition) is 3. The number of nitrogens with two attached hydrogens (primary N) is 1. The first-order chi connectivity index (χ1) is 12.1. The van der Waals surface area contributed by atoms with E-state index in [1.54, 1.807) is 0 Å². The van der Waals surface area contributed by atoms with Gasteiger partial charge in [0.1, 0.15) is 5.84 Å². The van der Waals surface area contributed by atoms with E-state index in [2.05, 4.69) is 36.7 Å². The smallest absolute Gasteiger partial charge is 0.126 e. The molecule has 0 heterocycles. The van der Waals surface area contributed by atoms with Gasteiger partial charge >= 0.3 is 0 Å². The Hall–Kier alpha value is -2.65. The van der Waals surface area contributed by atoms with Crippen LogP contribution < -0.4 is 11.1 Å². The molecule has 1 aromatic rings. The molecule has 0 bridgehead atoms. The Balaban J connectivity index is 1.81. The number of rotatable bonds is 8. The lowest BCUT2D eigenvalue weighted by Crippen LogP contribution is -2.41. The summed E-state index contributed by atoms with van der Waals surface area (Å²) in [6.45, 7) is 7.84. The highest BCUT2D eigenvalue weighted by Gasteiger charge is 2.06. The van der Waals surface area contributed by atoms with Gasteiger partial charge in [0, 0.05) is 5.56 Å². The highest BCUT2D eigenvalue weighted by Crippen LogP contribution is 2.19. The second kappa shape index (κ2) is 9.60. The zero-order chi connectivity index (χ0) is 18.1. The molecule has 130 valence electrons. The van der Waals surface area contributed by atoms with Crippen molar-refractivity contribution in [2.24, 2.45) is 5.73 Å². The van der Waals surface area contributed by atoms with Crippen LogP contribution in [0.2, 0.25) is 0 Å². The summed E-state index contributed by atoms with van der Waals surface area (Å²) in [7, 11) is 0. The summed E-state index contributed by atoms with van der Waals surface area (Å²) >= 11 is 0. The third-order valence-corrected chi connectivity index (χ3v) is 4.09. The van der Waals surface area contributed by atoms with Crippen LogP contribution in [-0.2, 0) is 6.42 Å². The maximum absolute atomic E-state index is 8.14. The minimum atomic E-state index is -0.301. The Morgan fingerprint density at radius 1 is 1.32 bits per heavy atom. The van der Waals surface area contributed by atoms with Crippen LogP contribution >= 0.6 is 0 Å². The first-order valence-corrected chi connectivity index (χ1v) is 8.62. The highest BCUT2D eigenvalue weighted by molar-refractivity contribution is 5.96. The van der Waals surface area contributed by atoms with E-state index < -0.39 is 0 Å². The third kappa shape index (κ3) is 6.05. The topological polar surface area (TPSA) is 61.9 Å². The van der Waals surface area contributed by atoms with Crippen molar-refractivity contribution in [3.05, 3.63) is 96.2 Å². The van der Waals surface area contributed by atoms with E-state index in [1.807, 2.05) is 42.5 Å². The molecule has 0 amide bonds. The molecule has 0 aliphatic heterocycles. The minimum Gasteiger partial charge on any atom is -0.355 e. The summed E-state index contributed by atoms with van der Waals surface area (Å²) in [5.74, 6) is 0.338. The van der Waals surface area contributed by atoms with Crippen LogP contribution in [0.3, 0.4) is 0 Å². The lowest BCUT2D eigenvalue weighted by atomic mass is 9.98. The van der Waals surface area contributed by atoms with Crippen LogP contribution in [0, 0.1) is 5.41 Å². The van der Waals surface area contributed by atoms with Gasteiger partial charge in [-0.1, -0.05) is 67.3 Å². The molecule has 2 rings (SSSR count). The lowest BCUT2D eigenvalue weighted by molar-refractivity contribution is 0.641. The summed E-state index contributed by atoms with van der Waals surface area (Å²) in [5.41, 5.74) is 10.4. The Morgan fingerprint density at radius 3 is 2.72 bits per heavy atom. The van der Waals surface area contributed by atoms with E-state index in [1.165, 1.54) is 11.1 Å². The van der Waals surface area contributed by atoms with E-state index in [0.29, 0.717) is 12.3 Å².